The van der Waals surface area contributed by atoms with E-state index in [9.17, 15) is 14.0 Å². The van der Waals surface area contributed by atoms with Gasteiger partial charge in [-0.3, -0.25) is 9.59 Å². The summed E-state index contributed by atoms with van der Waals surface area (Å²) < 4.78 is 13.0. The lowest BCUT2D eigenvalue weighted by atomic mass is 10.1. The maximum atomic E-state index is 13.0. The Hall–Kier alpha value is -2.73. The SMILES string of the molecule is Cc1cccc(C)c1NC(=O)C[NH+]1CCN(C(=O)c2ccc(F)cc2)CC1. The minimum Gasteiger partial charge on any atom is -0.327 e. The van der Waals surface area contributed by atoms with Crippen LogP contribution in [0.25, 0.3) is 0 Å². The van der Waals surface area contributed by atoms with E-state index in [1.807, 2.05) is 32.0 Å². The Kier molecular flexibility index (Phi) is 5.86. The molecule has 0 aliphatic carbocycles. The van der Waals surface area contributed by atoms with Gasteiger partial charge in [0, 0.05) is 11.3 Å². The molecule has 0 aromatic heterocycles. The van der Waals surface area contributed by atoms with Crippen molar-refractivity contribution >= 4 is 17.5 Å². The Bertz CT molecular complexity index is 808. The fourth-order valence-electron chi connectivity index (χ4n) is 3.40. The molecule has 142 valence electrons. The molecule has 1 heterocycles. The summed E-state index contributed by atoms with van der Waals surface area (Å²) in [5.41, 5.74) is 3.47. The molecule has 0 radical (unpaired) electrons. The Morgan fingerprint density at radius 3 is 2.22 bits per heavy atom. The topological polar surface area (TPSA) is 53.9 Å². The third kappa shape index (κ3) is 4.71. The lowest BCUT2D eigenvalue weighted by Gasteiger charge is -2.32. The fourth-order valence-corrected chi connectivity index (χ4v) is 3.40. The third-order valence-corrected chi connectivity index (χ3v) is 5.01. The lowest BCUT2D eigenvalue weighted by Crippen LogP contribution is -3.15. The molecule has 6 heteroatoms. The van der Waals surface area contributed by atoms with Crippen LogP contribution in [0.4, 0.5) is 10.1 Å². The van der Waals surface area contributed by atoms with Gasteiger partial charge in [-0.2, -0.15) is 0 Å². The quantitative estimate of drug-likeness (QED) is 0.855. The number of piperazine rings is 1. The molecule has 1 aliphatic rings. The fraction of sp³-hybridized carbons (Fsp3) is 0.333. The van der Waals surface area contributed by atoms with Crippen LogP contribution in [-0.4, -0.2) is 49.4 Å². The Morgan fingerprint density at radius 2 is 1.63 bits per heavy atom. The van der Waals surface area contributed by atoms with E-state index in [-0.39, 0.29) is 17.6 Å². The number of carbonyl (C=O) groups is 2. The van der Waals surface area contributed by atoms with Crippen molar-refractivity contribution in [2.24, 2.45) is 0 Å². The van der Waals surface area contributed by atoms with E-state index in [4.69, 9.17) is 0 Å². The normalized spacial score (nSPS) is 14.9. The van der Waals surface area contributed by atoms with Crippen LogP contribution in [0.15, 0.2) is 42.5 Å². The highest BCUT2D eigenvalue weighted by Gasteiger charge is 2.26. The number of hydrogen-bond donors (Lipinski definition) is 2. The average molecular weight is 370 g/mol. The lowest BCUT2D eigenvalue weighted by molar-refractivity contribution is -0.895. The first-order valence-electron chi connectivity index (χ1n) is 9.18. The molecule has 0 unspecified atom stereocenters. The summed E-state index contributed by atoms with van der Waals surface area (Å²) in [6.07, 6.45) is 0. The van der Waals surface area contributed by atoms with E-state index in [0.29, 0.717) is 38.3 Å². The summed E-state index contributed by atoms with van der Waals surface area (Å²) >= 11 is 0. The van der Waals surface area contributed by atoms with Gasteiger partial charge in [0.25, 0.3) is 11.8 Å². The van der Waals surface area contributed by atoms with E-state index in [1.165, 1.54) is 24.3 Å². The van der Waals surface area contributed by atoms with Gasteiger partial charge < -0.3 is 15.1 Å². The molecule has 1 aliphatic heterocycles. The summed E-state index contributed by atoms with van der Waals surface area (Å²) in [7, 11) is 0. The monoisotopic (exact) mass is 370 g/mol. The molecule has 2 amide bonds. The maximum absolute atomic E-state index is 13.0. The number of quaternary nitrogens is 1. The second kappa shape index (κ2) is 8.31. The molecular weight excluding hydrogens is 345 g/mol. The highest BCUT2D eigenvalue weighted by molar-refractivity contribution is 5.94. The second-order valence-electron chi connectivity index (χ2n) is 7.04. The first-order chi connectivity index (χ1) is 12.9. The molecule has 1 fully saturated rings. The molecule has 0 spiro atoms. The van der Waals surface area contributed by atoms with Gasteiger partial charge in [-0.1, -0.05) is 18.2 Å². The Labute approximate surface area is 158 Å². The van der Waals surface area contributed by atoms with Gasteiger partial charge in [0.1, 0.15) is 5.82 Å². The first kappa shape index (κ1) is 19.0. The number of hydrogen-bond acceptors (Lipinski definition) is 2. The zero-order valence-corrected chi connectivity index (χ0v) is 15.7. The largest absolute Gasteiger partial charge is 0.327 e. The number of para-hydroxylation sites is 1. The molecule has 0 saturated carbocycles. The number of benzene rings is 2. The standard InChI is InChI=1S/C21H24FN3O2/c1-15-4-3-5-16(2)20(15)23-19(26)14-24-10-12-25(13-11-24)21(27)17-6-8-18(22)9-7-17/h3-9H,10-14H2,1-2H3,(H,23,26)/p+1. The number of nitrogens with one attached hydrogen (secondary N) is 2. The maximum Gasteiger partial charge on any atom is 0.279 e. The number of halogens is 1. The minimum atomic E-state index is -0.351. The van der Waals surface area contributed by atoms with Gasteiger partial charge in [0.05, 0.1) is 26.2 Å². The van der Waals surface area contributed by atoms with Crippen molar-refractivity contribution in [1.29, 1.82) is 0 Å². The predicted molar refractivity (Wildman–Crippen MR) is 102 cm³/mol. The molecule has 27 heavy (non-hydrogen) atoms. The van der Waals surface area contributed by atoms with Crippen molar-refractivity contribution in [3.05, 3.63) is 65.0 Å². The number of amides is 2. The van der Waals surface area contributed by atoms with Crippen LogP contribution in [0.2, 0.25) is 0 Å². The van der Waals surface area contributed by atoms with E-state index in [0.717, 1.165) is 21.7 Å². The van der Waals surface area contributed by atoms with Crippen LogP contribution in [0.3, 0.4) is 0 Å². The molecule has 0 atom stereocenters. The molecule has 5 nitrogen and oxygen atoms in total. The zero-order chi connectivity index (χ0) is 19.4. The van der Waals surface area contributed by atoms with Crippen LogP contribution >= 0.6 is 0 Å². The van der Waals surface area contributed by atoms with Gasteiger partial charge in [-0.15, -0.1) is 0 Å². The van der Waals surface area contributed by atoms with Crippen LogP contribution in [0.5, 0.6) is 0 Å². The number of carbonyl (C=O) groups excluding carboxylic acids is 2. The van der Waals surface area contributed by atoms with E-state index >= 15 is 0 Å². The highest BCUT2D eigenvalue weighted by atomic mass is 19.1. The van der Waals surface area contributed by atoms with Gasteiger partial charge in [-0.05, 0) is 49.2 Å². The van der Waals surface area contributed by atoms with Gasteiger partial charge in [0.15, 0.2) is 6.54 Å². The van der Waals surface area contributed by atoms with Crippen molar-refractivity contribution < 1.29 is 18.9 Å². The van der Waals surface area contributed by atoms with Crippen LogP contribution in [0.1, 0.15) is 21.5 Å². The Balaban J connectivity index is 1.51. The number of aryl methyl sites for hydroxylation is 2. The number of nitrogens with zero attached hydrogens (tertiary/aromatic N) is 1. The molecule has 1 saturated heterocycles. The van der Waals surface area contributed by atoms with Crippen LogP contribution < -0.4 is 10.2 Å². The molecule has 2 aromatic rings. The van der Waals surface area contributed by atoms with Gasteiger partial charge >= 0.3 is 0 Å². The predicted octanol–water partition coefficient (Wildman–Crippen LogP) is 1.42. The minimum absolute atomic E-state index is 0.0132. The summed E-state index contributed by atoms with van der Waals surface area (Å²) in [5, 5.41) is 3.02. The zero-order valence-electron chi connectivity index (χ0n) is 15.7. The van der Waals surface area contributed by atoms with Gasteiger partial charge in [0.2, 0.25) is 0 Å². The summed E-state index contributed by atoms with van der Waals surface area (Å²) in [5.74, 6) is -0.453. The second-order valence-corrected chi connectivity index (χ2v) is 7.04. The summed E-state index contributed by atoms with van der Waals surface area (Å²) in [4.78, 5) is 27.8. The third-order valence-electron chi connectivity index (χ3n) is 5.01. The summed E-state index contributed by atoms with van der Waals surface area (Å²) in [6, 6.07) is 11.6. The smallest absolute Gasteiger partial charge is 0.279 e. The average Bonchev–Trinajstić information content (AvgIpc) is 2.65. The van der Waals surface area contributed by atoms with Gasteiger partial charge in [-0.25, -0.2) is 4.39 Å². The van der Waals surface area contributed by atoms with Crippen molar-refractivity contribution in [1.82, 2.24) is 4.90 Å². The Morgan fingerprint density at radius 1 is 1.04 bits per heavy atom. The van der Waals surface area contributed by atoms with Crippen molar-refractivity contribution in [2.75, 3.05) is 38.0 Å². The number of rotatable bonds is 4. The highest BCUT2D eigenvalue weighted by Crippen LogP contribution is 2.18. The van der Waals surface area contributed by atoms with E-state index < -0.39 is 0 Å². The molecular formula is C21H25FN3O2+. The first-order valence-corrected chi connectivity index (χ1v) is 9.18. The molecule has 2 aromatic carbocycles. The van der Waals surface area contributed by atoms with E-state index in [2.05, 4.69) is 5.32 Å². The molecule has 2 N–H and O–H groups in total. The van der Waals surface area contributed by atoms with Crippen molar-refractivity contribution in [3.63, 3.8) is 0 Å². The van der Waals surface area contributed by atoms with Crippen molar-refractivity contribution in [3.8, 4) is 0 Å². The van der Waals surface area contributed by atoms with Crippen molar-refractivity contribution in [2.45, 2.75) is 13.8 Å². The number of anilines is 1. The summed E-state index contributed by atoms with van der Waals surface area (Å²) in [6.45, 7) is 6.95. The van der Waals surface area contributed by atoms with Crippen LogP contribution in [0, 0.1) is 19.7 Å². The van der Waals surface area contributed by atoms with Crippen LogP contribution in [-0.2, 0) is 4.79 Å². The van der Waals surface area contributed by atoms with E-state index in [1.54, 1.807) is 4.90 Å². The molecule has 3 rings (SSSR count). The molecule has 0 bridgehead atoms.